The second-order valence-electron chi connectivity index (χ2n) is 12.4. The molecule has 15 heteroatoms. The molecule has 2 saturated heterocycles. The fourth-order valence-electron chi connectivity index (χ4n) is 6.62. The number of sulfonamides is 1. The van der Waals surface area contributed by atoms with E-state index in [1.165, 1.54) is 29.6 Å². The Balaban J connectivity index is 1.44. The highest BCUT2D eigenvalue weighted by molar-refractivity contribution is 7.91. The van der Waals surface area contributed by atoms with E-state index < -0.39 is 43.5 Å². The Morgan fingerprint density at radius 3 is 2.35 bits per heavy atom. The van der Waals surface area contributed by atoms with Crippen LogP contribution in [-0.4, -0.2) is 98.6 Å². The highest BCUT2D eigenvalue weighted by Gasteiger charge is 2.45. The number of morpholine rings is 1. The second kappa shape index (κ2) is 14.0. The Kier molecular flexibility index (Phi) is 9.40. The van der Waals surface area contributed by atoms with Crippen LogP contribution in [0.3, 0.4) is 0 Å². The number of ether oxygens (including phenoxy) is 2. The van der Waals surface area contributed by atoms with E-state index >= 15 is 0 Å². The predicted octanol–water partition coefficient (Wildman–Crippen LogP) is 3.49. The number of para-hydroxylation sites is 1. The Hall–Kier alpha value is -5.40. The van der Waals surface area contributed by atoms with Crippen LogP contribution in [0.25, 0.3) is 28.6 Å². The van der Waals surface area contributed by atoms with Gasteiger partial charge in [-0.25, -0.2) is 21.5 Å². The molecular weight excluding hydrogens is 707 g/mol. The number of carbonyl (C=O) groups is 2. The first-order chi connectivity index (χ1) is 25.0. The zero-order chi connectivity index (χ0) is 36.6. The minimum atomic E-state index is -3.88. The number of carbonyl (C=O) groups excluding carboxylic acids is 2. The van der Waals surface area contributed by atoms with Crippen LogP contribution in [0.4, 0.5) is 0 Å². The molecule has 1 aromatic heterocycles. The van der Waals surface area contributed by atoms with Crippen LogP contribution in [0.5, 0.6) is 5.75 Å². The van der Waals surface area contributed by atoms with Gasteiger partial charge in [0.1, 0.15) is 23.1 Å². The van der Waals surface area contributed by atoms with Gasteiger partial charge in [0, 0.05) is 36.0 Å². The van der Waals surface area contributed by atoms with Crippen LogP contribution in [0.1, 0.15) is 17.5 Å². The maximum Gasteiger partial charge on any atom is 0.272 e. The number of aromatic nitrogens is 2. The van der Waals surface area contributed by atoms with Crippen molar-refractivity contribution >= 4 is 43.3 Å². The average Bonchev–Trinajstić information content (AvgIpc) is 3.76. The normalized spacial score (nSPS) is 20.3. The van der Waals surface area contributed by atoms with Crippen LogP contribution >= 0.6 is 0 Å². The lowest BCUT2D eigenvalue weighted by atomic mass is 9.86. The molecule has 4 heterocycles. The summed E-state index contributed by atoms with van der Waals surface area (Å²) in [5.41, 5.74) is 1.92. The molecule has 2 amide bonds. The molecule has 2 fully saturated rings. The molecule has 4 aromatic rings. The van der Waals surface area contributed by atoms with Gasteiger partial charge in [-0.2, -0.15) is 14.7 Å². The maximum atomic E-state index is 14.5. The summed E-state index contributed by atoms with van der Waals surface area (Å²) in [6.45, 7) is 1.00. The maximum absolute atomic E-state index is 14.5. The zero-order valence-electron chi connectivity index (χ0n) is 28.0. The molecule has 3 aromatic carbocycles. The third-order valence-electron chi connectivity index (χ3n) is 9.24. The largest absolute Gasteiger partial charge is 0.497 e. The van der Waals surface area contributed by atoms with Gasteiger partial charge in [0.05, 0.1) is 54.0 Å². The van der Waals surface area contributed by atoms with Gasteiger partial charge in [0.2, 0.25) is 10.0 Å². The molecule has 7 rings (SSSR count). The first-order valence-corrected chi connectivity index (χ1v) is 19.7. The molecule has 266 valence electrons. The molecule has 52 heavy (non-hydrogen) atoms. The van der Waals surface area contributed by atoms with Crippen molar-refractivity contribution in [3.8, 4) is 28.8 Å². The minimum absolute atomic E-state index is 0.0310. The minimum Gasteiger partial charge on any atom is -0.497 e. The SMILES string of the molecule is COc1ccc(C2=C(C#N)C(=O)N(C3CCS(=O)(=O)C3)C(=O)/C2=C\c2cn(-c3ccccc3)nc2-c2cccc(S(=O)(=O)N3CCOCC3)c2)cc1. The van der Waals surface area contributed by atoms with Gasteiger partial charge in [-0.15, -0.1) is 0 Å². The fraction of sp³-hybridized carbons (Fsp3) is 0.243. The smallest absolute Gasteiger partial charge is 0.272 e. The second-order valence-corrected chi connectivity index (χ2v) is 16.6. The van der Waals surface area contributed by atoms with Gasteiger partial charge in [-0.3, -0.25) is 14.5 Å². The van der Waals surface area contributed by atoms with Gasteiger partial charge in [0.15, 0.2) is 9.84 Å². The number of nitriles is 1. The van der Waals surface area contributed by atoms with Crippen molar-refractivity contribution in [1.29, 1.82) is 5.26 Å². The van der Waals surface area contributed by atoms with E-state index in [0.717, 1.165) is 4.90 Å². The summed E-state index contributed by atoms with van der Waals surface area (Å²) < 4.78 is 65.9. The number of amides is 2. The summed E-state index contributed by atoms with van der Waals surface area (Å²) in [4.78, 5) is 29.4. The summed E-state index contributed by atoms with van der Waals surface area (Å²) in [6, 6.07) is 23.1. The first-order valence-electron chi connectivity index (χ1n) is 16.4. The van der Waals surface area contributed by atoms with Crippen molar-refractivity contribution in [1.82, 2.24) is 19.0 Å². The number of imide groups is 1. The number of sulfone groups is 1. The summed E-state index contributed by atoms with van der Waals surface area (Å²) in [7, 11) is -5.89. The molecule has 1 unspecified atom stereocenters. The van der Waals surface area contributed by atoms with Crippen molar-refractivity contribution in [3.05, 3.63) is 107 Å². The van der Waals surface area contributed by atoms with Crippen LogP contribution < -0.4 is 4.74 Å². The lowest BCUT2D eigenvalue weighted by Gasteiger charge is -2.32. The Bertz CT molecular complexity index is 2390. The molecule has 0 N–H and O–H groups in total. The fourth-order valence-corrected chi connectivity index (χ4v) is 9.78. The molecule has 3 aliphatic heterocycles. The van der Waals surface area contributed by atoms with Gasteiger partial charge < -0.3 is 9.47 Å². The first kappa shape index (κ1) is 35.0. The molecular formula is C37H33N5O8S2. The molecule has 0 bridgehead atoms. The molecule has 1 atom stereocenters. The monoisotopic (exact) mass is 739 g/mol. The summed E-state index contributed by atoms with van der Waals surface area (Å²) in [6.07, 6.45) is 3.24. The van der Waals surface area contributed by atoms with E-state index in [-0.39, 0.29) is 60.1 Å². The highest BCUT2D eigenvalue weighted by atomic mass is 32.2. The molecule has 13 nitrogen and oxygen atoms in total. The van der Waals surface area contributed by atoms with Crippen molar-refractivity contribution in [2.45, 2.75) is 17.4 Å². The molecule has 0 radical (unpaired) electrons. The van der Waals surface area contributed by atoms with Crippen LogP contribution in [-0.2, 0) is 34.2 Å². The molecule has 0 aliphatic carbocycles. The van der Waals surface area contributed by atoms with E-state index in [2.05, 4.69) is 0 Å². The van der Waals surface area contributed by atoms with Gasteiger partial charge in [-0.05, 0) is 54.5 Å². The number of benzene rings is 3. The number of rotatable bonds is 8. The quantitative estimate of drug-likeness (QED) is 0.193. The molecule has 0 spiro atoms. The van der Waals surface area contributed by atoms with E-state index in [9.17, 15) is 31.7 Å². The number of hydrogen-bond acceptors (Lipinski definition) is 10. The topological polar surface area (TPSA) is 169 Å². The van der Waals surface area contributed by atoms with E-state index in [1.54, 1.807) is 47.3 Å². The number of nitrogens with zero attached hydrogens (tertiary/aromatic N) is 5. The third kappa shape index (κ3) is 6.57. The lowest BCUT2D eigenvalue weighted by Crippen LogP contribution is -2.49. The van der Waals surface area contributed by atoms with Crippen molar-refractivity contribution in [2.75, 3.05) is 44.9 Å². The van der Waals surface area contributed by atoms with Crippen molar-refractivity contribution < 1.29 is 35.9 Å². The Labute approximate surface area is 301 Å². The van der Waals surface area contributed by atoms with E-state index in [0.29, 0.717) is 33.8 Å². The van der Waals surface area contributed by atoms with Crippen LogP contribution in [0.2, 0.25) is 0 Å². The predicted molar refractivity (Wildman–Crippen MR) is 191 cm³/mol. The number of methoxy groups -OCH3 is 1. The molecule has 0 saturated carbocycles. The highest BCUT2D eigenvalue weighted by Crippen LogP contribution is 2.39. The van der Waals surface area contributed by atoms with Crippen LogP contribution in [0.15, 0.2) is 101 Å². The van der Waals surface area contributed by atoms with Gasteiger partial charge >= 0.3 is 0 Å². The average molecular weight is 740 g/mol. The summed E-state index contributed by atoms with van der Waals surface area (Å²) in [5.74, 6) is -1.73. The van der Waals surface area contributed by atoms with E-state index in [4.69, 9.17) is 14.6 Å². The third-order valence-corrected chi connectivity index (χ3v) is 12.9. The Morgan fingerprint density at radius 2 is 1.69 bits per heavy atom. The van der Waals surface area contributed by atoms with Gasteiger partial charge in [0.25, 0.3) is 11.8 Å². The van der Waals surface area contributed by atoms with Crippen molar-refractivity contribution in [2.24, 2.45) is 0 Å². The number of hydrogen-bond donors (Lipinski definition) is 0. The summed E-state index contributed by atoms with van der Waals surface area (Å²) >= 11 is 0. The standard InChI is InChI=1S/C37H33N5O8S2/c1-49-30-12-10-25(11-13-30)34-32(36(43)42(37(44)33(34)22-38)29-14-19-51(45,46)24-29)21-27-23-41(28-7-3-2-4-8-28)39-35(27)26-6-5-9-31(20-26)52(47,48)40-15-17-50-18-16-40/h2-13,20-21,23,29H,14-19,24H2,1H3/b32-21-. The van der Waals surface area contributed by atoms with Crippen LogP contribution in [0, 0.1) is 11.3 Å². The van der Waals surface area contributed by atoms with Gasteiger partial charge in [-0.1, -0.05) is 42.5 Å². The van der Waals surface area contributed by atoms with Crippen molar-refractivity contribution in [3.63, 3.8) is 0 Å². The Morgan fingerprint density at radius 1 is 0.962 bits per heavy atom. The zero-order valence-corrected chi connectivity index (χ0v) is 29.6. The lowest BCUT2D eigenvalue weighted by molar-refractivity contribution is -0.142. The summed E-state index contributed by atoms with van der Waals surface area (Å²) in [5, 5.41) is 15.2. The van der Waals surface area contributed by atoms with E-state index in [1.807, 2.05) is 36.4 Å². The molecule has 3 aliphatic rings.